The predicted octanol–water partition coefficient (Wildman–Crippen LogP) is 3.09. The summed E-state index contributed by atoms with van der Waals surface area (Å²) in [4.78, 5) is 0. The predicted molar refractivity (Wildman–Crippen MR) is 46.3 cm³/mol. The first-order chi connectivity index (χ1) is 7.00. The van der Waals surface area contributed by atoms with Gasteiger partial charge in [-0.05, 0) is 13.8 Å². The third-order valence-corrected chi connectivity index (χ3v) is 2.02. The highest BCUT2D eigenvalue weighted by molar-refractivity contribution is 5.28. The summed E-state index contributed by atoms with van der Waals surface area (Å²) in [6.07, 6.45) is 0. The van der Waals surface area contributed by atoms with E-state index in [1.807, 2.05) is 0 Å². The molecule has 15 heavy (non-hydrogen) atoms. The molecule has 0 aliphatic rings. The zero-order valence-corrected chi connectivity index (χ0v) is 8.33. The van der Waals surface area contributed by atoms with Crippen molar-refractivity contribution in [3.63, 3.8) is 0 Å². The van der Waals surface area contributed by atoms with Crippen molar-refractivity contribution in [2.24, 2.45) is 0 Å². The van der Waals surface area contributed by atoms with Gasteiger partial charge in [0.25, 0.3) is 0 Å². The quantitative estimate of drug-likeness (QED) is 0.564. The van der Waals surface area contributed by atoms with Crippen LogP contribution in [0.25, 0.3) is 0 Å². The largest absolute Gasteiger partial charge is 0.377 e. The van der Waals surface area contributed by atoms with Crippen LogP contribution in [0.15, 0.2) is 0 Å². The van der Waals surface area contributed by atoms with Crippen molar-refractivity contribution < 1.29 is 22.3 Å². The summed E-state index contributed by atoms with van der Waals surface area (Å²) in [6.45, 7) is 2.30. The Morgan fingerprint density at radius 3 is 1.80 bits per heavy atom. The Hall–Kier alpha value is -1.10. The molecule has 0 aromatic heterocycles. The van der Waals surface area contributed by atoms with Gasteiger partial charge >= 0.3 is 0 Å². The van der Waals surface area contributed by atoms with Crippen LogP contribution in [0.2, 0.25) is 0 Å². The van der Waals surface area contributed by atoms with E-state index in [-0.39, 0.29) is 6.61 Å². The molecule has 0 N–H and O–H groups in total. The maximum absolute atomic E-state index is 13.2. The van der Waals surface area contributed by atoms with Crippen molar-refractivity contribution >= 4 is 0 Å². The number of halogens is 4. The van der Waals surface area contributed by atoms with E-state index < -0.39 is 41.0 Å². The second-order valence-electron chi connectivity index (χ2n) is 3.00. The molecule has 0 aliphatic heterocycles. The Balaban J connectivity index is 3.26. The van der Waals surface area contributed by atoms with Crippen LogP contribution in [0.5, 0.6) is 0 Å². The summed E-state index contributed by atoms with van der Waals surface area (Å²) in [6, 6.07) is 0. The Morgan fingerprint density at radius 1 is 0.933 bits per heavy atom. The van der Waals surface area contributed by atoms with Gasteiger partial charge in [-0.2, -0.15) is 0 Å². The molecular formula is C10H10F4O. The number of hydrogen-bond acceptors (Lipinski definition) is 1. The highest BCUT2D eigenvalue weighted by atomic mass is 19.2. The molecule has 1 aromatic rings. The van der Waals surface area contributed by atoms with Gasteiger partial charge in [-0.3, -0.25) is 0 Å². The van der Waals surface area contributed by atoms with Gasteiger partial charge in [0, 0.05) is 12.2 Å². The Morgan fingerprint density at radius 2 is 1.40 bits per heavy atom. The Labute approximate surface area is 84.7 Å². The van der Waals surface area contributed by atoms with E-state index in [9.17, 15) is 17.6 Å². The number of benzene rings is 1. The molecule has 5 heteroatoms. The second-order valence-corrected chi connectivity index (χ2v) is 3.00. The second kappa shape index (κ2) is 4.61. The fourth-order valence-corrected chi connectivity index (χ4v) is 1.12. The molecule has 0 unspecified atom stereocenters. The molecule has 1 nitrogen and oxygen atoms in total. The summed E-state index contributed by atoms with van der Waals surface area (Å²) in [5.74, 6) is -5.52. The minimum Gasteiger partial charge on any atom is -0.377 e. The van der Waals surface area contributed by atoms with Gasteiger partial charge in [-0.15, -0.1) is 0 Å². The third-order valence-electron chi connectivity index (χ3n) is 2.02. The van der Waals surface area contributed by atoms with Crippen LogP contribution >= 0.6 is 0 Å². The summed E-state index contributed by atoms with van der Waals surface area (Å²) in [5.41, 5.74) is -1.37. The minimum atomic E-state index is -1.39. The first-order valence-electron chi connectivity index (χ1n) is 4.39. The Kier molecular flexibility index (Phi) is 3.68. The fourth-order valence-electron chi connectivity index (χ4n) is 1.12. The standard InChI is InChI=1S/C10H10F4O/c1-3-15-4-6-9(13)7(11)5(2)8(12)10(6)14/h3-4H2,1-2H3. The minimum absolute atomic E-state index is 0.204. The summed E-state index contributed by atoms with van der Waals surface area (Å²) in [5, 5.41) is 0. The molecule has 0 heterocycles. The van der Waals surface area contributed by atoms with Crippen molar-refractivity contribution in [2.45, 2.75) is 20.5 Å². The lowest BCUT2D eigenvalue weighted by atomic mass is 10.1. The molecule has 0 saturated heterocycles. The maximum Gasteiger partial charge on any atom is 0.167 e. The summed E-state index contributed by atoms with van der Waals surface area (Å²) < 4.78 is 57.1. The first kappa shape index (κ1) is 12.0. The molecule has 0 bridgehead atoms. The van der Waals surface area contributed by atoms with E-state index in [1.165, 1.54) is 0 Å². The zero-order valence-electron chi connectivity index (χ0n) is 8.33. The van der Waals surface area contributed by atoms with Gasteiger partial charge in [0.2, 0.25) is 0 Å². The molecule has 84 valence electrons. The fraction of sp³-hybridized carbons (Fsp3) is 0.400. The molecule has 1 rings (SSSR count). The number of ether oxygens (including phenoxy) is 1. The van der Waals surface area contributed by atoms with Crippen LogP contribution in [0, 0.1) is 30.2 Å². The van der Waals surface area contributed by atoms with Crippen LogP contribution in [0.1, 0.15) is 18.1 Å². The third kappa shape index (κ3) is 2.12. The van der Waals surface area contributed by atoms with Gasteiger partial charge in [-0.25, -0.2) is 17.6 Å². The van der Waals surface area contributed by atoms with E-state index in [1.54, 1.807) is 6.92 Å². The normalized spacial score (nSPS) is 10.8. The van der Waals surface area contributed by atoms with Gasteiger partial charge in [0.05, 0.1) is 12.2 Å². The van der Waals surface area contributed by atoms with Crippen molar-refractivity contribution in [3.8, 4) is 0 Å². The Bertz CT molecular complexity index is 347. The van der Waals surface area contributed by atoms with E-state index in [0.29, 0.717) is 0 Å². The lowest BCUT2D eigenvalue weighted by molar-refractivity contribution is 0.127. The molecular weight excluding hydrogens is 212 g/mol. The van der Waals surface area contributed by atoms with E-state index in [0.717, 1.165) is 6.92 Å². The van der Waals surface area contributed by atoms with Crippen molar-refractivity contribution in [2.75, 3.05) is 6.61 Å². The van der Waals surface area contributed by atoms with Crippen LogP contribution in [-0.4, -0.2) is 6.61 Å². The SMILES string of the molecule is CCOCc1c(F)c(F)c(C)c(F)c1F. The van der Waals surface area contributed by atoms with Crippen LogP contribution in [-0.2, 0) is 11.3 Å². The molecule has 0 saturated carbocycles. The highest BCUT2D eigenvalue weighted by Gasteiger charge is 2.22. The lowest BCUT2D eigenvalue weighted by Crippen LogP contribution is -2.07. The molecule has 0 fully saturated rings. The van der Waals surface area contributed by atoms with Crippen molar-refractivity contribution in [3.05, 3.63) is 34.4 Å². The van der Waals surface area contributed by atoms with Crippen LogP contribution in [0.3, 0.4) is 0 Å². The van der Waals surface area contributed by atoms with Gasteiger partial charge in [0.1, 0.15) is 0 Å². The smallest absolute Gasteiger partial charge is 0.167 e. The van der Waals surface area contributed by atoms with Crippen LogP contribution in [0.4, 0.5) is 17.6 Å². The van der Waals surface area contributed by atoms with Gasteiger partial charge in [-0.1, -0.05) is 0 Å². The monoisotopic (exact) mass is 222 g/mol. The molecule has 0 amide bonds. The molecule has 0 radical (unpaired) electrons. The van der Waals surface area contributed by atoms with Crippen molar-refractivity contribution in [1.29, 1.82) is 0 Å². The zero-order chi connectivity index (χ0) is 11.6. The van der Waals surface area contributed by atoms with Crippen molar-refractivity contribution in [1.82, 2.24) is 0 Å². The number of hydrogen-bond donors (Lipinski definition) is 0. The van der Waals surface area contributed by atoms with E-state index in [2.05, 4.69) is 0 Å². The first-order valence-corrected chi connectivity index (χ1v) is 4.39. The van der Waals surface area contributed by atoms with Gasteiger partial charge in [0.15, 0.2) is 23.3 Å². The van der Waals surface area contributed by atoms with Crippen LogP contribution < -0.4 is 0 Å². The summed E-state index contributed by atoms with van der Waals surface area (Å²) >= 11 is 0. The summed E-state index contributed by atoms with van der Waals surface area (Å²) in [7, 11) is 0. The molecule has 0 atom stereocenters. The van der Waals surface area contributed by atoms with Gasteiger partial charge < -0.3 is 4.74 Å². The average Bonchev–Trinajstić information content (AvgIpc) is 2.24. The van der Waals surface area contributed by atoms with E-state index in [4.69, 9.17) is 4.74 Å². The lowest BCUT2D eigenvalue weighted by Gasteiger charge is -2.09. The molecule has 0 spiro atoms. The maximum atomic E-state index is 13.2. The van der Waals surface area contributed by atoms with E-state index >= 15 is 0 Å². The number of rotatable bonds is 3. The molecule has 0 aliphatic carbocycles. The highest BCUT2D eigenvalue weighted by Crippen LogP contribution is 2.23. The topological polar surface area (TPSA) is 9.23 Å². The molecule has 1 aromatic carbocycles. The average molecular weight is 222 g/mol.